The second kappa shape index (κ2) is 12.7. The lowest BCUT2D eigenvalue weighted by atomic mass is 9.79. The maximum Gasteiger partial charge on any atom is 0.114 e. The van der Waals surface area contributed by atoms with E-state index in [0.717, 1.165) is 0 Å². The molecule has 0 radical (unpaired) electrons. The van der Waals surface area contributed by atoms with Crippen molar-refractivity contribution >= 4 is 40.0 Å². The maximum absolute atomic E-state index is 2.68. The van der Waals surface area contributed by atoms with Crippen LogP contribution in [0.15, 0.2) is 145 Å². The minimum absolute atomic E-state index is 0.0594. The van der Waals surface area contributed by atoms with E-state index < -0.39 is 8.07 Å². The first-order valence-electron chi connectivity index (χ1n) is 25.2. The predicted octanol–water partition coefficient (Wildman–Crippen LogP) is 17.8. The molecule has 1 fully saturated rings. The van der Waals surface area contributed by atoms with Gasteiger partial charge >= 0.3 is 0 Å². The molecule has 6 aliphatic rings. The van der Waals surface area contributed by atoms with Crippen molar-refractivity contribution in [2.45, 2.75) is 116 Å². The molecular formula is C66H60Si. The first kappa shape index (κ1) is 40.1. The number of allylic oxidation sites excluding steroid dienone is 2. The SMILES string of the molecule is CC1(C)c2cc(C3=C4CCCCC4=C(c4ccc5c(c4)C(C)(C)c4cc6c(cc4-5)C(C)(C)c4ccc5ccccc5c4-6)[Si]3(C)C)ccc2-c2cc3c(cc21)-c1c(ccc2ccccc12)C3(C)C. The Bertz CT molecular complexity index is 3460. The molecule has 0 aromatic heterocycles. The van der Waals surface area contributed by atoms with E-state index in [0.29, 0.717) is 0 Å². The zero-order valence-electron chi connectivity index (χ0n) is 41.0. The van der Waals surface area contributed by atoms with Gasteiger partial charge in [0.15, 0.2) is 0 Å². The van der Waals surface area contributed by atoms with Crippen molar-refractivity contribution in [3.8, 4) is 44.5 Å². The molecule has 1 aliphatic heterocycles. The highest BCUT2D eigenvalue weighted by Gasteiger charge is 2.48. The Balaban J connectivity index is 0.861. The summed E-state index contributed by atoms with van der Waals surface area (Å²) >= 11 is 0. The molecular weight excluding hydrogens is 821 g/mol. The van der Waals surface area contributed by atoms with Gasteiger partial charge < -0.3 is 0 Å². The first-order valence-corrected chi connectivity index (χ1v) is 28.2. The van der Waals surface area contributed by atoms with Crippen molar-refractivity contribution in [2.75, 3.05) is 0 Å². The van der Waals surface area contributed by atoms with Crippen LogP contribution < -0.4 is 0 Å². The summed E-state index contributed by atoms with van der Waals surface area (Å²) in [5.74, 6) is 0. The highest BCUT2D eigenvalue weighted by molar-refractivity contribution is 7.10. The molecule has 8 aromatic rings. The highest BCUT2D eigenvalue weighted by Crippen LogP contribution is 2.61. The quantitative estimate of drug-likeness (QED) is 0.152. The minimum atomic E-state index is -2.17. The largest absolute Gasteiger partial charge is 0.114 e. The van der Waals surface area contributed by atoms with E-state index in [1.165, 1.54) is 147 Å². The molecule has 0 amide bonds. The fraction of sp³-hybridized carbons (Fsp3) is 0.273. The molecule has 0 bridgehead atoms. The fourth-order valence-electron chi connectivity index (χ4n) is 15.2. The van der Waals surface area contributed by atoms with Crippen LogP contribution >= 0.6 is 0 Å². The van der Waals surface area contributed by atoms with E-state index in [9.17, 15) is 0 Å². The molecule has 328 valence electrons. The van der Waals surface area contributed by atoms with Crippen LogP contribution in [0.4, 0.5) is 0 Å². The molecule has 8 aromatic carbocycles. The van der Waals surface area contributed by atoms with Crippen molar-refractivity contribution in [3.63, 3.8) is 0 Å². The molecule has 0 unspecified atom stereocenters. The number of fused-ring (bicyclic) bond motifs is 17. The van der Waals surface area contributed by atoms with Crippen LogP contribution in [-0.4, -0.2) is 8.07 Å². The second-order valence-electron chi connectivity index (χ2n) is 23.9. The van der Waals surface area contributed by atoms with Gasteiger partial charge in [-0.1, -0.05) is 178 Å². The first-order chi connectivity index (χ1) is 32.0. The Labute approximate surface area is 398 Å². The van der Waals surface area contributed by atoms with Gasteiger partial charge in [-0.25, -0.2) is 0 Å². The second-order valence-corrected chi connectivity index (χ2v) is 28.1. The molecule has 1 heteroatoms. The Morgan fingerprint density at radius 3 is 1.13 bits per heavy atom. The van der Waals surface area contributed by atoms with Gasteiger partial charge in [-0.2, -0.15) is 0 Å². The topological polar surface area (TPSA) is 0 Å². The van der Waals surface area contributed by atoms with Crippen LogP contribution in [0.3, 0.4) is 0 Å². The standard InChI is InChI=1S/C66H60Si/c1-63(2)51-29-25-37-17-11-13-19-41(37)59(51)49-35-55-47(33-57(49)63)43-27-23-39(31-53(43)65(55,5)6)61-45-21-15-16-22-46(45)62(67(61,9)10)40-24-28-44-48-34-58-50(36-56(48)66(7,8)54(44)32-40)60-42-20-14-12-18-38(42)26-30-52(60)64(58,3)4/h11-14,17-20,23-36H,15-16,21-22H2,1-10H3. The smallest absolute Gasteiger partial charge is 0.0616 e. The van der Waals surface area contributed by atoms with E-state index in [4.69, 9.17) is 0 Å². The summed E-state index contributed by atoms with van der Waals surface area (Å²) in [4.78, 5) is 0. The lowest BCUT2D eigenvalue weighted by molar-refractivity contribution is 0.652. The molecule has 5 aliphatic carbocycles. The lowest BCUT2D eigenvalue weighted by Gasteiger charge is -2.29. The summed E-state index contributed by atoms with van der Waals surface area (Å²) in [5, 5.41) is 8.80. The van der Waals surface area contributed by atoms with Crippen LogP contribution in [0.25, 0.3) is 76.4 Å². The normalized spacial score (nSPS) is 19.7. The van der Waals surface area contributed by atoms with E-state index in [1.54, 1.807) is 21.5 Å². The molecule has 0 nitrogen and oxygen atoms in total. The van der Waals surface area contributed by atoms with Gasteiger partial charge in [-0.05, 0) is 193 Å². The summed E-state index contributed by atoms with van der Waals surface area (Å²) in [7, 11) is -2.17. The van der Waals surface area contributed by atoms with Gasteiger partial charge in [0.05, 0.1) is 0 Å². The zero-order chi connectivity index (χ0) is 45.9. The van der Waals surface area contributed by atoms with Crippen molar-refractivity contribution in [1.29, 1.82) is 0 Å². The summed E-state index contributed by atoms with van der Waals surface area (Å²) in [6, 6.07) is 53.2. The summed E-state index contributed by atoms with van der Waals surface area (Å²) in [6.45, 7) is 25.1. The van der Waals surface area contributed by atoms with E-state index in [-0.39, 0.29) is 21.7 Å². The average molecular weight is 881 g/mol. The van der Waals surface area contributed by atoms with E-state index in [1.807, 2.05) is 0 Å². The van der Waals surface area contributed by atoms with Crippen LogP contribution in [0.5, 0.6) is 0 Å². The summed E-state index contributed by atoms with van der Waals surface area (Å²) < 4.78 is 0. The molecule has 1 heterocycles. The molecule has 14 rings (SSSR count). The zero-order valence-corrected chi connectivity index (χ0v) is 42.0. The van der Waals surface area contributed by atoms with Gasteiger partial charge in [-0.3, -0.25) is 0 Å². The molecule has 0 spiro atoms. The van der Waals surface area contributed by atoms with E-state index in [2.05, 4.69) is 202 Å². The van der Waals surface area contributed by atoms with Gasteiger partial charge in [0, 0.05) is 21.7 Å². The predicted molar refractivity (Wildman–Crippen MR) is 288 cm³/mol. The number of rotatable bonds is 2. The molecule has 1 saturated carbocycles. The molecule has 0 N–H and O–H groups in total. The highest BCUT2D eigenvalue weighted by atomic mass is 28.3. The van der Waals surface area contributed by atoms with Crippen LogP contribution in [0.2, 0.25) is 13.1 Å². The molecule has 0 saturated heterocycles. The summed E-state index contributed by atoms with van der Waals surface area (Å²) in [5.41, 5.74) is 29.2. The molecule has 0 atom stereocenters. The molecule has 67 heavy (non-hydrogen) atoms. The Kier molecular flexibility index (Phi) is 7.62. The Hall–Kier alpha value is -6.02. The van der Waals surface area contributed by atoms with E-state index >= 15 is 0 Å². The van der Waals surface area contributed by atoms with Gasteiger partial charge in [0.2, 0.25) is 0 Å². The Morgan fingerprint density at radius 2 is 0.701 bits per heavy atom. The fourth-order valence-corrected chi connectivity index (χ4v) is 19.2. The van der Waals surface area contributed by atoms with Gasteiger partial charge in [0.1, 0.15) is 8.07 Å². The third-order valence-corrected chi connectivity index (χ3v) is 22.3. The third kappa shape index (κ3) is 4.89. The van der Waals surface area contributed by atoms with Crippen molar-refractivity contribution < 1.29 is 0 Å². The average Bonchev–Trinajstić information content (AvgIpc) is 3.95. The van der Waals surface area contributed by atoms with Crippen LogP contribution in [0.1, 0.15) is 137 Å². The third-order valence-electron chi connectivity index (χ3n) is 18.6. The van der Waals surface area contributed by atoms with Gasteiger partial charge in [0.25, 0.3) is 0 Å². The Morgan fingerprint density at radius 1 is 0.343 bits per heavy atom. The van der Waals surface area contributed by atoms with Crippen molar-refractivity contribution in [3.05, 3.63) is 200 Å². The lowest BCUT2D eigenvalue weighted by Crippen LogP contribution is -2.29. The van der Waals surface area contributed by atoms with Gasteiger partial charge in [-0.15, -0.1) is 0 Å². The number of hydrogen-bond donors (Lipinski definition) is 0. The van der Waals surface area contributed by atoms with Crippen LogP contribution in [-0.2, 0) is 21.7 Å². The minimum Gasteiger partial charge on any atom is -0.0616 e. The number of benzene rings is 8. The van der Waals surface area contributed by atoms with Crippen molar-refractivity contribution in [1.82, 2.24) is 0 Å². The summed E-state index contributed by atoms with van der Waals surface area (Å²) in [6.07, 6.45) is 4.95. The number of hydrogen-bond acceptors (Lipinski definition) is 0. The maximum atomic E-state index is 2.68. The monoisotopic (exact) mass is 880 g/mol. The van der Waals surface area contributed by atoms with Crippen LogP contribution in [0, 0.1) is 0 Å². The van der Waals surface area contributed by atoms with Crippen molar-refractivity contribution in [2.24, 2.45) is 0 Å².